The Morgan fingerprint density at radius 3 is 2.72 bits per heavy atom. The number of hydrogen-bond donors (Lipinski definition) is 0. The number of esters is 1. The zero-order valence-electron chi connectivity index (χ0n) is 18.9. The van der Waals surface area contributed by atoms with E-state index in [9.17, 15) is 9.59 Å². The fourth-order valence-electron chi connectivity index (χ4n) is 4.84. The van der Waals surface area contributed by atoms with E-state index in [1.807, 2.05) is 0 Å². The van der Waals surface area contributed by atoms with Crippen LogP contribution in [0.1, 0.15) is 104 Å². The fourth-order valence-corrected chi connectivity index (χ4v) is 4.84. The summed E-state index contributed by atoms with van der Waals surface area (Å²) in [6.07, 6.45) is 16.6. The Morgan fingerprint density at radius 2 is 1.97 bits per heavy atom. The lowest BCUT2D eigenvalue weighted by molar-refractivity contribution is -0.151. The molecule has 2 unspecified atom stereocenters. The average molecular weight is 407 g/mol. The summed E-state index contributed by atoms with van der Waals surface area (Å²) in [5, 5.41) is 0. The first kappa shape index (κ1) is 24.1. The third kappa shape index (κ3) is 8.62. The Balaban J connectivity index is 1.95. The van der Waals surface area contributed by atoms with E-state index in [2.05, 4.69) is 32.9 Å². The number of carbonyl (C=O) groups is 2. The smallest absolute Gasteiger partial charge is 0.306 e. The maximum atomic E-state index is 12.5. The normalized spacial score (nSPS) is 28.8. The van der Waals surface area contributed by atoms with Gasteiger partial charge in [0.25, 0.3) is 0 Å². The molecule has 0 aromatic rings. The first-order chi connectivity index (χ1) is 14.0. The standard InChI is InChI=1S/C25H42O4/c1-4-5-6-7-10-13-20(26)16-17-22-21-14-11-8-9-12-15-25(27)29-24(21)18-23(22)28-19(2)3/h8,11,19,21-24H,4-7,9-10,12-18H2,1-3H3/b11-8-/t21?,22-,23-,24?/m1/s1. The second kappa shape index (κ2) is 13.2. The van der Waals surface area contributed by atoms with E-state index in [1.54, 1.807) is 0 Å². The molecular weight excluding hydrogens is 364 g/mol. The van der Waals surface area contributed by atoms with Crippen LogP contribution in [-0.4, -0.2) is 30.1 Å². The van der Waals surface area contributed by atoms with Crippen molar-refractivity contribution in [1.82, 2.24) is 0 Å². The molecular formula is C25H42O4. The Morgan fingerprint density at radius 1 is 1.17 bits per heavy atom. The SMILES string of the molecule is CCCCCCCC(=O)CC[C@@H]1C2C/C=C\CCCC(=O)OC2C[C@H]1OC(C)C. The monoisotopic (exact) mass is 406 g/mol. The van der Waals surface area contributed by atoms with Gasteiger partial charge in [0.15, 0.2) is 0 Å². The molecule has 0 amide bonds. The number of carbonyl (C=O) groups excluding carboxylic acids is 2. The Bertz CT molecular complexity index is 525. The summed E-state index contributed by atoms with van der Waals surface area (Å²) in [6.45, 7) is 6.32. The van der Waals surface area contributed by atoms with Gasteiger partial charge in [-0.3, -0.25) is 9.59 Å². The molecule has 0 spiro atoms. The number of hydrogen-bond acceptors (Lipinski definition) is 4. The largest absolute Gasteiger partial charge is 0.462 e. The predicted octanol–water partition coefficient (Wildman–Crippen LogP) is 6.17. The molecule has 0 saturated heterocycles. The minimum Gasteiger partial charge on any atom is -0.462 e. The number of rotatable bonds is 11. The van der Waals surface area contributed by atoms with Crippen molar-refractivity contribution in [2.24, 2.45) is 11.8 Å². The maximum Gasteiger partial charge on any atom is 0.306 e. The van der Waals surface area contributed by atoms with Gasteiger partial charge >= 0.3 is 5.97 Å². The van der Waals surface area contributed by atoms with Crippen LogP contribution in [0.4, 0.5) is 0 Å². The minimum absolute atomic E-state index is 0.0734. The summed E-state index contributed by atoms with van der Waals surface area (Å²) in [5.74, 6) is 0.834. The van der Waals surface area contributed by atoms with Crippen LogP contribution in [0.3, 0.4) is 0 Å². The molecule has 2 rings (SSSR count). The molecule has 0 aromatic heterocycles. The quantitative estimate of drug-likeness (QED) is 0.234. The molecule has 1 heterocycles. The van der Waals surface area contributed by atoms with Crippen molar-refractivity contribution in [3.63, 3.8) is 0 Å². The maximum absolute atomic E-state index is 12.5. The molecule has 0 radical (unpaired) electrons. The van der Waals surface area contributed by atoms with Crippen molar-refractivity contribution in [1.29, 1.82) is 0 Å². The molecule has 4 heteroatoms. The van der Waals surface area contributed by atoms with Crippen molar-refractivity contribution < 1.29 is 19.1 Å². The predicted molar refractivity (Wildman–Crippen MR) is 117 cm³/mol. The van der Waals surface area contributed by atoms with Gasteiger partial charge in [-0.1, -0.05) is 44.8 Å². The lowest BCUT2D eigenvalue weighted by Crippen LogP contribution is -2.27. The Kier molecular flexibility index (Phi) is 11.0. The highest BCUT2D eigenvalue weighted by molar-refractivity contribution is 5.78. The molecule has 1 aliphatic heterocycles. The van der Waals surface area contributed by atoms with Gasteiger partial charge in [0.05, 0.1) is 12.2 Å². The molecule has 166 valence electrons. The van der Waals surface area contributed by atoms with Crippen LogP contribution in [0.2, 0.25) is 0 Å². The third-order valence-corrected chi connectivity index (χ3v) is 6.34. The average Bonchev–Trinajstić information content (AvgIpc) is 2.98. The molecule has 29 heavy (non-hydrogen) atoms. The fraction of sp³-hybridized carbons (Fsp3) is 0.840. The summed E-state index contributed by atoms with van der Waals surface area (Å²) in [5.41, 5.74) is 0. The molecule has 0 bridgehead atoms. The van der Waals surface area contributed by atoms with Crippen molar-refractivity contribution in [3.05, 3.63) is 12.2 Å². The highest BCUT2D eigenvalue weighted by atomic mass is 16.5. The lowest BCUT2D eigenvalue weighted by Gasteiger charge is -2.27. The summed E-state index contributed by atoms with van der Waals surface area (Å²) in [7, 11) is 0. The molecule has 0 aromatic carbocycles. The van der Waals surface area contributed by atoms with E-state index in [4.69, 9.17) is 9.47 Å². The van der Waals surface area contributed by atoms with Gasteiger partial charge in [0.1, 0.15) is 11.9 Å². The van der Waals surface area contributed by atoms with Gasteiger partial charge in [-0.05, 0) is 51.9 Å². The molecule has 1 saturated carbocycles. The topological polar surface area (TPSA) is 52.6 Å². The number of ketones is 1. The second-order valence-electron chi connectivity index (χ2n) is 9.16. The van der Waals surface area contributed by atoms with E-state index in [0.717, 1.165) is 44.9 Å². The van der Waals surface area contributed by atoms with Crippen LogP contribution in [0.5, 0.6) is 0 Å². The van der Waals surface area contributed by atoms with Gasteiger partial charge in [0.2, 0.25) is 0 Å². The van der Waals surface area contributed by atoms with Crippen molar-refractivity contribution >= 4 is 11.8 Å². The van der Waals surface area contributed by atoms with E-state index in [1.165, 1.54) is 19.3 Å². The first-order valence-corrected chi connectivity index (χ1v) is 12.0. The molecule has 2 aliphatic rings. The number of fused-ring (bicyclic) bond motifs is 1. The Labute approximate surface area is 177 Å². The van der Waals surface area contributed by atoms with Gasteiger partial charge in [0, 0.05) is 31.6 Å². The van der Waals surface area contributed by atoms with Crippen LogP contribution >= 0.6 is 0 Å². The lowest BCUT2D eigenvalue weighted by atomic mass is 9.85. The zero-order valence-corrected chi connectivity index (χ0v) is 18.9. The second-order valence-corrected chi connectivity index (χ2v) is 9.16. The summed E-state index contributed by atoms with van der Waals surface area (Å²) < 4.78 is 12.1. The molecule has 1 fully saturated rings. The Hall–Kier alpha value is -1.16. The summed E-state index contributed by atoms with van der Waals surface area (Å²) >= 11 is 0. The van der Waals surface area contributed by atoms with E-state index < -0.39 is 0 Å². The summed E-state index contributed by atoms with van der Waals surface area (Å²) in [6, 6.07) is 0. The van der Waals surface area contributed by atoms with Crippen LogP contribution in [0.25, 0.3) is 0 Å². The molecule has 4 nitrogen and oxygen atoms in total. The van der Waals surface area contributed by atoms with Crippen LogP contribution in [0, 0.1) is 11.8 Å². The van der Waals surface area contributed by atoms with Crippen molar-refractivity contribution in [2.45, 2.75) is 123 Å². The van der Waals surface area contributed by atoms with Crippen LogP contribution < -0.4 is 0 Å². The molecule has 0 N–H and O–H groups in total. The molecule has 4 atom stereocenters. The first-order valence-electron chi connectivity index (χ1n) is 12.0. The number of unbranched alkanes of at least 4 members (excludes halogenated alkanes) is 4. The van der Waals surface area contributed by atoms with Gasteiger partial charge in [-0.15, -0.1) is 0 Å². The number of ether oxygens (including phenoxy) is 2. The van der Waals surface area contributed by atoms with E-state index in [0.29, 0.717) is 25.0 Å². The van der Waals surface area contributed by atoms with Gasteiger partial charge in [-0.2, -0.15) is 0 Å². The van der Waals surface area contributed by atoms with Gasteiger partial charge in [-0.25, -0.2) is 0 Å². The zero-order chi connectivity index (χ0) is 21.1. The van der Waals surface area contributed by atoms with E-state index in [-0.39, 0.29) is 36.1 Å². The van der Waals surface area contributed by atoms with Crippen LogP contribution in [0.15, 0.2) is 12.2 Å². The minimum atomic E-state index is -0.0811. The van der Waals surface area contributed by atoms with Crippen LogP contribution in [-0.2, 0) is 19.1 Å². The number of Topliss-reactive ketones (excluding diaryl/α,β-unsaturated/α-hetero) is 1. The van der Waals surface area contributed by atoms with Crippen molar-refractivity contribution in [3.8, 4) is 0 Å². The third-order valence-electron chi connectivity index (χ3n) is 6.34. The molecule has 1 aliphatic carbocycles. The van der Waals surface area contributed by atoms with Crippen molar-refractivity contribution in [2.75, 3.05) is 0 Å². The highest BCUT2D eigenvalue weighted by Gasteiger charge is 2.45. The highest BCUT2D eigenvalue weighted by Crippen LogP contribution is 2.42. The van der Waals surface area contributed by atoms with Gasteiger partial charge < -0.3 is 9.47 Å². The van der Waals surface area contributed by atoms with E-state index >= 15 is 0 Å². The number of allylic oxidation sites excluding steroid dienone is 2. The summed E-state index contributed by atoms with van der Waals surface area (Å²) in [4.78, 5) is 24.7.